The molecule has 0 saturated heterocycles. The van der Waals surface area contributed by atoms with E-state index >= 15 is 0 Å². The largest absolute Gasteiger partial charge is 0.384 e. The number of rotatable bonds is 7. The summed E-state index contributed by atoms with van der Waals surface area (Å²) in [7, 11) is -3.63. The van der Waals surface area contributed by atoms with Gasteiger partial charge >= 0.3 is 13.6 Å². The zero-order valence-corrected chi connectivity index (χ0v) is 15.5. The number of carbonyl (C=O) groups excluding carboxylic acids is 1. The van der Waals surface area contributed by atoms with Crippen molar-refractivity contribution >= 4 is 52.9 Å². The normalized spacial score (nSPS) is 11.3. The number of nitrogens with zero attached hydrogens (tertiary/aromatic N) is 2. The standard InChI is InChI=1S/C13H16ClN4O4PS/c1-3-21-23(20,22-4-2)11-12(24-18-17-11)16-13(19)15-10-7-5-9(14)6-8-10/h5-8H,3-4H2,1-2H3,(H2,15,16,19). The summed E-state index contributed by atoms with van der Waals surface area (Å²) in [5, 5.41) is 9.73. The molecule has 2 amide bonds. The Morgan fingerprint density at radius 3 is 2.42 bits per heavy atom. The minimum Gasteiger partial charge on any atom is -0.308 e. The van der Waals surface area contributed by atoms with Gasteiger partial charge in [-0.3, -0.25) is 9.88 Å². The zero-order chi connectivity index (χ0) is 17.6. The monoisotopic (exact) mass is 390 g/mol. The fraction of sp³-hybridized carbons (Fsp3) is 0.308. The second kappa shape index (κ2) is 8.55. The van der Waals surface area contributed by atoms with Gasteiger partial charge in [-0.05, 0) is 38.1 Å². The number of benzene rings is 1. The van der Waals surface area contributed by atoms with Gasteiger partial charge in [0, 0.05) is 22.2 Å². The Kier molecular flexibility index (Phi) is 6.70. The van der Waals surface area contributed by atoms with E-state index in [1.54, 1.807) is 38.1 Å². The van der Waals surface area contributed by atoms with Gasteiger partial charge in [0.2, 0.25) is 5.44 Å². The first-order valence-corrected chi connectivity index (χ1v) is 9.73. The first-order chi connectivity index (χ1) is 11.5. The molecule has 0 aliphatic carbocycles. The van der Waals surface area contributed by atoms with Crippen molar-refractivity contribution in [3.63, 3.8) is 0 Å². The molecule has 0 aliphatic rings. The van der Waals surface area contributed by atoms with Crippen LogP contribution in [0.3, 0.4) is 0 Å². The molecule has 0 spiro atoms. The molecule has 1 aromatic heterocycles. The van der Waals surface area contributed by atoms with Crippen LogP contribution in [0, 0.1) is 0 Å². The van der Waals surface area contributed by atoms with Crippen LogP contribution in [0.4, 0.5) is 15.5 Å². The molecular formula is C13H16ClN4O4PS. The maximum Gasteiger partial charge on any atom is 0.384 e. The van der Waals surface area contributed by atoms with Crippen LogP contribution in [0.1, 0.15) is 13.8 Å². The number of anilines is 2. The molecule has 0 bridgehead atoms. The van der Waals surface area contributed by atoms with Crippen LogP contribution in [0.5, 0.6) is 0 Å². The highest BCUT2D eigenvalue weighted by Gasteiger charge is 2.34. The topological polar surface area (TPSA) is 102 Å². The van der Waals surface area contributed by atoms with Crippen LogP contribution in [0.25, 0.3) is 0 Å². The maximum atomic E-state index is 12.7. The van der Waals surface area contributed by atoms with E-state index in [4.69, 9.17) is 20.6 Å². The third-order valence-corrected chi connectivity index (χ3v) is 5.73. The number of carbonyl (C=O) groups is 1. The molecule has 2 rings (SSSR count). The number of urea groups is 1. The van der Waals surface area contributed by atoms with Gasteiger partial charge in [0.1, 0.15) is 0 Å². The molecule has 0 atom stereocenters. The van der Waals surface area contributed by atoms with Crippen LogP contribution >= 0.6 is 30.7 Å². The SMILES string of the molecule is CCOP(=O)(OCC)c1nnsc1NC(=O)Nc1ccc(Cl)cc1. The number of amides is 2. The number of aromatic nitrogens is 2. The molecule has 0 unspecified atom stereocenters. The minimum absolute atomic E-state index is 0.0116. The predicted octanol–water partition coefficient (Wildman–Crippen LogP) is 3.73. The van der Waals surface area contributed by atoms with E-state index in [9.17, 15) is 9.36 Å². The van der Waals surface area contributed by atoms with Crippen LogP contribution in [-0.4, -0.2) is 28.8 Å². The number of halogens is 1. The van der Waals surface area contributed by atoms with Gasteiger partial charge in [-0.25, -0.2) is 4.79 Å². The summed E-state index contributed by atoms with van der Waals surface area (Å²) in [4.78, 5) is 12.1. The van der Waals surface area contributed by atoms with Gasteiger partial charge in [-0.1, -0.05) is 16.1 Å². The first-order valence-electron chi connectivity index (χ1n) is 7.04. The van der Waals surface area contributed by atoms with E-state index in [1.807, 2.05) is 0 Å². The number of nitrogens with one attached hydrogen (secondary N) is 2. The average molecular weight is 391 g/mol. The smallest absolute Gasteiger partial charge is 0.308 e. The maximum absolute atomic E-state index is 12.7. The van der Waals surface area contributed by atoms with E-state index in [2.05, 4.69) is 20.2 Å². The molecule has 0 radical (unpaired) electrons. The second-order valence-corrected chi connectivity index (χ2v) is 7.47. The van der Waals surface area contributed by atoms with Crippen molar-refractivity contribution < 1.29 is 18.4 Å². The Morgan fingerprint density at radius 1 is 1.21 bits per heavy atom. The second-order valence-electron chi connectivity index (χ2n) is 4.34. The molecule has 0 aliphatic heterocycles. The van der Waals surface area contributed by atoms with Gasteiger partial charge in [0.15, 0.2) is 5.00 Å². The minimum atomic E-state index is -3.63. The van der Waals surface area contributed by atoms with Crippen LogP contribution in [0.15, 0.2) is 24.3 Å². The molecule has 2 N–H and O–H groups in total. The van der Waals surface area contributed by atoms with Gasteiger partial charge in [-0.15, -0.1) is 5.10 Å². The van der Waals surface area contributed by atoms with Crippen LogP contribution < -0.4 is 16.1 Å². The summed E-state index contributed by atoms with van der Waals surface area (Å²) in [6, 6.07) is 6.06. The Bertz CT molecular complexity index is 730. The van der Waals surface area contributed by atoms with Crippen molar-refractivity contribution in [2.24, 2.45) is 0 Å². The summed E-state index contributed by atoms with van der Waals surface area (Å²) in [6.45, 7) is 3.72. The Labute approximate surface area is 148 Å². The Morgan fingerprint density at radius 2 is 1.83 bits per heavy atom. The molecule has 130 valence electrons. The van der Waals surface area contributed by atoms with Gasteiger partial charge < -0.3 is 14.4 Å². The van der Waals surface area contributed by atoms with E-state index in [-0.39, 0.29) is 23.6 Å². The molecule has 2 aromatic rings. The van der Waals surface area contributed by atoms with Crippen molar-refractivity contribution in [1.82, 2.24) is 9.59 Å². The van der Waals surface area contributed by atoms with Crippen LogP contribution in [-0.2, 0) is 13.6 Å². The van der Waals surface area contributed by atoms with Gasteiger partial charge in [-0.2, -0.15) is 0 Å². The first kappa shape index (κ1) is 18.8. The average Bonchev–Trinajstić information content (AvgIpc) is 2.99. The summed E-state index contributed by atoms with van der Waals surface area (Å²) in [6.07, 6.45) is 0. The lowest BCUT2D eigenvalue weighted by molar-refractivity contribution is 0.229. The third-order valence-electron chi connectivity index (χ3n) is 2.66. The Hall–Kier alpha value is -1.51. The van der Waals surface area contributed by atoms with Crippen molar-refractivity contribution in [3.05, 3.63) is 29.3 Å². The number of hydrogen-bond donors (Lipinski definition) is 2. The summed E-state index contributed by atoms with van der Waals surface area (Å²) >= 11 is 6.67. The van der Waals surface area contributed by atoms with Crippen molar-refractivity contribution in [3.8, 4) is 0 Å². The van der Waals surface area contributed by atoms with Crippen LogP contribution in [0.2, 0.25) is 5.02 Å². The molecule has 24 heavy (non-hydrogen) atoms. The fourth-order valence-corrected chi connectivity index (χ4v) is 4.31. The van der Waals surface area contributed by atoms with E-state index in [0.29, 0.717) is 10.7 Å². The molecule has 1 heterocycles. The lowest BCUT2D eigenvalue weighted by Crippen LogP contribution is -2.23. The number of hydrogen-bond acceptors (Lipinski definition) is 7. The third kappa shape index (κ3) is 4.75. The summed E-state index contributed by atoms with van der Waals surface area (Å²) in [5.41, 5.74) is 0.538. The highest BCUT2D eigenvalue weighted by molar-refractivity contribution is 7.62. The van der Waals surface area contributed by atoms with E-state index in [1.165, 1.54) is 0 Å². The fourth-order valence-electron chi connectivity index (χ4n) is 1.74. The van der Waals surface area contributed by atoms with E-state index in [0.717, 1.165) is 11.5 Å². The molecule has 8 nitrogen and oxygen atoms in total. The molecule has 1 aromatic carbocycles. The zero-order valence-electron chi connectivity index (χ0n) is 13.0. The van der Waals surface area contributed by atoms with Gasteiger partial charge in [0.05, 0.1) is 13.2 Å². The van der Waals surface area contributed by atoms with Crippen molar-refractivity contribution in [2.45, 2.75) is 13.8 Å². The molecule has 11 heteroatoms. The lowest BCUT2D eigenvalue weighted by Gasteiger charge is -2.15. The van der Waals surface area contributed by atoms with E-state index < -0.39 is 13.6 Å². The van der Waals surface area contributed by atoms with Crippen molar-refractivity contribution in [1.29, 1.82) is 0 Å². The quantitative estimate of drug-likeness (QED) is 0.698. The Balaban J connectivity index is 2.13. The molecule has 0 fully saturated rings. The predicted molar refractivity (Wildman–Crippen MR) is 94.5 cm³/mol. The molecular weight excluding hydrogens is 375 g/mol. The highest BCUT2D eigenvalue weighted by atomic mass is 35.5. The molecule has 0 saturated carbocycles. The van der Waals surface area contributed by atoms with Crippen molar-refractivity contribution in [2.75, 3.05) is 23.8 Å². The highest BCUT2D eigenvalue weighted by Crippen LogP contribution is 2.48. The lowest BCUT2D eigenvalue weighted by atomic mass is 10.3. The summed E-state index contributed by atoms with van der Waals surface area (Å²) < 4.78 is 26.9. The van der Waals surface area contributed by atoms with Gasteiger partial charge in [0.25, 0.3) is 0 Å². The summed E-state index contributed by atoms with van der Waals surface area (Å²) in [5.74, 6) is 0.